The van der Waals surface area contributed by atoms with Gasteiger partial charge in [-0.1, -0.05) is 0 Å². The highest BCUT2D eigenvalue weighted by molar-refractivity contribution is 5.67. The van der Waals surface area contributed by atoms with Crippen LogP contribution in [0.1, 0.15) is 20.8 Å². The predicted molar refractivity (Wildman–Crippen MR) is 60.7 cm³/mol. The van der Waals surface area contributed by atoms with Crippen molar-refractivity contribution in [3.63, 3.8) is 0 Å². The summed E-state index contributed by atoms with van der Waals surface area (Å²) in [5.41, 5.74) is 4.74. The molecule has 0 aliphatic carbocycles. The van der Waals surface area contributed by atoms with Crippen LogP contribution in [-0.4, -0.2) is 42.9 Å². The number of carbonyl (C=O) groups excluding carboxylic acids is 1. The molecule has 0 fully saturated rings. The zero-order valence-electron chi connectivity index (χ0n) is 10.0. The topological polar surface area (TPSA) is 97.0 Å². The minimum atomic E-state index is -0.524. The number of hydrogen-bond donors (Lipinski definition) is 2. The quantitative estimate of drug-likeness (QED) is 0.512. The number of ether oxygens (including phenoxy) is 1. The van der Waals surface area contributed by atoms with Crippen LogP contribution in [0.2, 0.25) is 0 Å². The normalized spacial score (nSPS) is 10.8. The smallest absolute Gasteiger partial charge is 0.407 e. The second-order valence-corrected chi connectivity index (χ2v) is 4.25. The molecule has 0 spiro atoms. The van der Waals surface area contributed by atoms with Gasteiger partial charge in [0, 0.05) is 13.1 Å². The van der Waals surface area contributed by atoms with Crippen LogP contribution in [0, 0.1) is 4.91 Å². The first-order valence-electron chi connectivity index (χ1n) is 5.14. The van der Waals surface area contributed by atoms with E-state index in [1.165, 1.54) is 5.01 Å². The Morgan fingerprint density at radius 1 is 1.44 bits per heavy atom. The summed E-state index contributed by atoms with van der Waals surface area (Å²) in [4.78, 5) is 21.5. The molecule has 0 aromatic heterocycles. The molecule has 0 aliphatic heterocycles. The van der Waals surface area contributed by atoms with Crippen LogP contribution in [0.5, 0.6) is 0 Å². The molecule has 0 radical (unpaired) electrons. The van der Waals surface area contributed by atoms with Gasteiger partial charge in [0.1, 0.15) is 5.60 Å². The molecule has 0 saturated heterocycles. The molecule has 0 saturated carbocycles. The van der Waals surface area contributed by atoms with Crippen molar-refractivity contribution in [3.8, 4) is 0 Å². The molecule has 0 atom stereocenters. The minimum absolute atomic E-state index is 0.292. The Labute approximate surface area is 95.2 Å². The highest BCUT2D eigenvalue weighted by Crippen LogP contribution is 2.06. The van der Waals surface area contributed by atoms with Crippen LogP contribution in [0.4, 0.5) is 4.79 Å². The highest BCUT2D eigenvalue weighted by atomic mass is 16.6. The van der Waals surface area contributed by atoms with Gasteiger partial charge >= 0.3 is 6.09 Å². The Morgan fingerprint density at radius 2 is 2.06 bits per heavy atom. The molecular formula is C9H20N4O3. The second kappa shape index (κ2) is 7.00. The van der Waals surface area contributed by atoms with Gasteiger partial charge in [0.25, 0.3) is 0 Å². The van der Waals surface area contributed by atoms with Gasteiger partial charge in [-0.3, -0.25) is 5.01 Å². The number of nitroso groups, excluding NO2 is 1. The number of carbonyl (C=O) groups is 1. The van der Waals surface area contributed by atoms with Crippen molar-refractivity contribution in [3.05, 3.63) is 4.91 Å². The maximum Gasteiger partial charge on any atom is 0.407 e. The minimum Gasteiger partial charge on any atom is -0.444 e. The molecular weight excluding hydrogens is 212 g/mol. The lowest BCUT2D eigenvalue weighted by molar-refractivity contribution is 0.0522. The first kappa shape index (κ1) is 14.6. The first-order chi connectivity index (χ1) is 7.39. The van der Waals surface area contributed by atoms with Gasteiger partial charge in [0.2, 0.25) is 0 Å². The van der Waals surface area contributed by atoms with E-state index in [0.29, 0.717) is 26.2 Å². The van der Waals surface area contributed by atoms with E-state index in [1.807, 2.05) is 0 Å². The molecule has 94 valence electrons. The number of hydrogen-bond acceptors (Lipinski definition) is 5. The zero-order valence-corrected chi connectivity index (χ0v) is 10.0. The summed E-state index contributed by atoms with van der Waals surface area (Å²) < 4.78 is 5.01. The lowest BCUT2D eigenvalue weighted by Gasteiger charge is -2.20. The van der Waals surface area contributed by atoms with E-state index in [9.17, 15) is 9.70 Å². The third-order valence-corrected chi connectivity index (χ3v) is 1.54. The number of nitrogens with zero attached hydrogens (tertiary/aromatic N) is 2. The Kier molecular flexibility index (Phi) is 6.40. The van der Waals surface area contributed by atoms with E-state index in [2.05, 4.69) is 10.6 Å². The largest absolute Gasteiger partial charge is 0.444 e. The van der Waals surface area contributed by atoms with Gasteiger partial charge in [-0.25, -0.2) is 4.79 Å². The fourth-order valence-electron chi connectivity index (χ4n) is 0.944. The third kappa shape index (κ3) is 7.98. The van der Waals surface area contributed by atoms with Crippen molar-refractivity contribution < 1.29 is 9.53 Å². The molecule has 0 rings (SSSR count). The standard InChI is InChI=1S/C9H20N4O3/c1-9(2,3)16-8(14)11-5-7-13(12-15)6-4-10/h4-7,10H2,1-3H3,(H,11,14). The summed E-state index contributed by atoms with van der Waals surface area (Å²) in [5, 5.41) is 6.53. The number of nitrogens with one attached hydrogen (secondary N) is 1. The molecule has 0 aromatic rings. The Balaban J connectivity index is 3.72. The molecule has 3 N–H and O–H groups in total. The van der Waals surface area contributed by atoms with E-state index in [1.54, 1.807) is 20.8 Å². The predicted octanol–water partition coefficient (Wildman–Crippen LogP) is 0.453. The molecule has 0 aliphatic rings. The average Bonchev–Trinajstić information content (AvgIpc) is 2.13. The van der Waals surface area contributed by atoms with E-state index < -0.39 is 11.7 Å². The van der Waals surface area contributed by atoms with Crippen LogP contribution in [0.15, 0.2) is 5.29 Å². The van der Waals surface area contributed by atoms with Gasteiger partial charge in [-0.2, -0.15) is 0 Å². The highest BCUT2D eigenvalue weighted by Gasteiger charge is 2.15. The molecule has 7 heteroatoms. The Morgan fingerprint density at radius 3 is 2.50 bits per heavy atom. The number of alkyl carbamates (subject to hydrolysis) is 1. The Hall–Kier alpha value is -1.37. The first-order valence-corrected chi connectivity index (χ1v) is 5.14. The van der Waals surface area contributed by atoms with Gasteiger partial charge < -0.3 is 15.8 Å². The van der Waals surface area contributed by atoms with E-state index >= 15 is 0 Å². The lowest BCUT2D eigenvalue weighted by Crippen LogP contribution is -2.37. The number of rotatable bonds is 6. The molecule has 0 heterocycles. The maximum absolute atomic E-state index is 11.2. The molecule has 7 nitrogen and oxygen atoms in total. The summed E-state index contributed by atoms with van der Waals surface area (Å²) in [6, 6.07) is 0. The van der Waals surface area contributed by atoms with Crippen LogP contribution in [0.25, 0.3) is 0 Å². The van der Waals surface area contributed by atoms with E-state index in [4.69, 9.17) is 10.5 Å². The SMILES string of the molecule is CC(C)(C)OC(=O)NCCN(CCN)N=O. The van der Waals surface area contributed by atoms with E-state index in [-0.39, 0.29) is 0 Å². The van der Waals surface area contributed by atoms with Crippen molar-refractivity contribution in [2.75, 3.05) is 26.2 Å². The summed E-state index contributed by atoms with van der Waals surface area (Å²) >= 11 is 0. The van der Waals surface area contributed by atoms with Gasteiger partial charge in [0.15, 0.2) is 0 Å². The van der Waals surface area contributed by atoms with Crippen LogP contribution in [0.3, 0.4) is 0 Å². The van der Waals surface area contributed by atoms with Crippen LogP contribution >= 0.6 is 0 Å². The number of nitrogens with two attached hydrogens (primary N) is 1. The molecule has 16 heavy (non-hydrogen) atoms. The fraction of sp³-hybridized carbons (Fsp3) is 0.889. The Bertz CT molecular complexity index is 227. The van der Waals surface area contributed by atoms with Crippen molar-refractivity contribution in [1.29, 1.82) is 0 Å². The number of amides is 1. The summed E-state index contributed by atoms with van der Waals surface area (Å²) in [7, 11) is 0. The molecule has 0 aromatic carbocycles. The third-order valence-electron chi connectivity index (χ3n) is 1.54. The average molecular weight is 232 g/mol. The maximum atomic E-state index is 11.2. The molecule has 1 amide bonds. The van der Waals surface area contributed by atoms with E-state index in [0.717, 1.165) is 0 Å². The summed E-state index contributed by atoms with van der Waals surface area (Å²) in [6.45, 7) is 6.67. The van der Waals surface area contributed by atoms with Gasteiger partial charge in [-0.15, -0.1) is 4.91 Å². The zero-order chi connectivity index (χ0) is 12.6. The summed E-state index contributed by atoms with van der Waals surface area (Å²) in [6.07, 6.45) is -0.508. The summed E-state index contributed by atoms with van der Waals surface area (Å²) in [5.74, 6) is 0. The van der Waals surface area contributed by atoms with Crippen molar-refractivity contribution in [2.24, 2.45) is 11.0 Å². The second-order valence-electron chi connectivity index (χ2n) is 4.25. The van der Waals surface area contributed by atoms with Gasteiger partial charge in [0.05, 0.1) is 18.4 Å². The fourth-order valence-corrected chi connectivity index (χ4v) is 0.944. The van der Waals surface area contributed by atoms with Crippen LogP contribution in [-0.2, 0) is 4.74 Å². The van der Waals surface area contributed by atoms with Gasteiger partial charge in [-0.05, 0) is 20.8 Å². The molecule has 0 unspecified atom stereocenters. The van der Waals surface area contributed by atoms with Crippen LogP contribution < -0.4 is 11.1 Å². The molecule has 0 bridgehead atoms. The van der Waals surface area contributed by atoms with Crippen molar-refractivity contribution in [1.82, 2.24) is 10.3 Å². The monoisotopic (exact) mass is 232 g/mol. The van der Waals surface area contributed by atoms with Crippen molar-refractivity contribution in [2.45, 2.75) is 26.4 Å². The lowest BCUT2D eigenvalue weighted by atomic mass is 10.2. The van der Waals surface area contributed by atoms with Crippen molar-refractivity contribution >= 4 is 6.09 Å².